The zero-order valence-electron chi connectivity index (χ0n) is 19.2. The second-order valence-electron chi connectivity index (χ2n) is 8.04. The van der Waals surface area contributed by atoms with Gasteiger partial charge in [-0.25, -0.2) is 0 Å². The predicted molar refractivity (Wildman–Crippen MR) is 128 cm³/mol. The van der Waals surface area contributed by atoms with E-state index in [1.807, 2.05) is 0 Å². The fourth-order valence-electron chi connectivity index (χ4n) is 3.64. The lowest BCUT2D eigenvalue weighted by molar-refractivity contribution is -0.490. The van der Waals surface area contributed by atoms with E-state index in [4.69, 9.17) is 11.1 Å². The van der Waals surface area contributed by atoms with Crippen LogP contribution in [0.2, 0.25) is 0 Å². The number of carbonyl (C=O) groups excluding carboxylic acids is 3. The van der Waals surface area contributed by atoms with Crippen LogP contribution >= 0.6 is 0 Å². The zero-order chi connectivity index (χ0) is 26.4. The molecular formula is C26H24N4O6-2. The molecule has 186 valence electrons. The Balaban J connectivity index is 1.85. The van der Waals surface area contributed by atoms with Crippen LogP contribution in [0.4, 0.5) is 5.69 Å². The van der Waals surface area contributed by atoms with Crippen molar-refractivity contribution in [2.24, 2.45) is 5.73 Å². The Morgan fingerprint density at radius 1 is 0.944 bits per heavy atom. The standard InChI is InChI=1S/C26H25N4O6/c1-14(17-9-12-19(25(33)34)20(13-17)26(35)36)29-23(31)21(15-5-3-2-4-6-15)24(32)30-18-10-7-16(8-11-18)22(27)28/h2-14,21,26,35H,1H3,(H3,27,28)(H,29,31)(H,30,32)(H,33,34)/q-1/p-1. The highest BCUT2D eigenvalue weighted by molar-refractivity contribution is 6.11. The molecule has 0 fully saturated rings. The lowest BCUT2D eigenvalue weighted by Gasteiger charge is -2.24. The van der Waals surface area contributed by atoms with E-state index in [1.165, 1.54) is 12.1 Å². The van der Waals surface area contributed by atoms with Gasteiger partial charge in [0.1, 0.15) is 11.8 Å². The number of amides is 2. The second kappa shape index (κ2) is 11.3. The van der Waals surface area contributed by atoms with Crippen LogP contribution < -0.4 is 26.6 Å². The third kappa shape index (κ3) is 6.12. The molecule has 3 aromatic carbocycles. The van der Waals surface area contributed by atoms with Crippen LogP contribution in [0.3, 0.4) is 0 Å². The number of hydrogen-bond acceptors (Lipinski definition) is 7. The number of amidine groups is 1. The number of carboxylic acids is 1. The largest absolute Gasteiger partial charge is 0.828 e. The van der Waals surface area contributed by atoms with Gasteiger partial charge in [0.05, 0.1) is 12.0 Å². The maximum atomic E-state index is 13.3. The van der Waals surface area contributed by atoms with E-state index >= 15 is 0 Å². The van der Waals surface area contributed by atoms with Crippen LogP contribution in [0.5, 0.6) is 0 Å². The number of hydrogen-bond donors (Lipinski definition) is 5. The van der Waals surface area contributed by atoms with Crippen molar-refractivity contribution < 1.29 is 29.7 Å². The summed E-state index contributed by atoms with van der Waals surface area (Å²) < 4.78 is 0. The quantitative estimate of drug-likeness (QED) is 0.124. The first-order chi connectivity index (χ1) is 17.1. The van der Waals surface area contributed by atoms with Crippen LogP contribution in [0.1, 0.15) is 57.8 Å². The van der Waals surface area contributed by atoms with E-state index in [-0.39, 0.29) is 11.4 Å². The van der Waals surface area contributed by atoms with Gasteiger partial charge in [-0.1, -0.05) is 48.5 Å². The monoisotopic (exact) mass is 488 g/mol. The third-order valence-electron chi connectivity index (χ3n) is 5.54. The molecule has 10 heteroatoms. The number of carboxylic acid groups (broad SMARTS) is 1. The summed E-state index contributed by atoms with van der Waals surface area (Å²) in [6.07, 6.45) is -2.31. The van der Waals surface area contributed by atoms with Crippen molar-refractivity contribution in [1.82, 2.24) is 5.32 Å². The summed E-state index contributed by atoms with van der Waals surface area (Å²) in [7, 11) is 0. The zero-order valence-corrected chi connectivity index (χ0v) is 19.2. The highest BCUT2D eigenvalue weighted by atomic mass is 16.5. The van der Waals surface area contributed by atoms with Gasteiger partial charge in [0.2, 0.25) is 11.8 Å². The average molecular weight is 489 g/mol. The van der Waals surface area contributed by atoms with Crippen LogP contribution in [0.15, 0.2) is 72.8 Å². The molecule has 0 aromatic heterocycles. The molecule has 36 heavy (non-hydrogen) atoms. The molecule has 3 rings (SSSR count). The predicted octanol–water partition coefficient (Wildman–Crippen LogP) is 0.285. The van der Waals surface area contributed by atoms with Gasteiger partial charge in [0.25, 0.3) is 0 Å². The maximum absolute atomic E-state index is 13.3. The van der Waals surface area contributed by atoms with Crippen molar-refractivity contribution in [3.05, 3.63) is 101 Å². The summed E-state index contributed by atoms with van der Waals surface area (Å²) in [4.78, 5) is 37.6. The van der Waals surface area contributed by atoms with E-state index in [2.05, 4.69) is 10.6 Å². The van der Waals surface area contributed by atoms with Gasteiger partial charge in [0.15, 0.2) is 0 Å². The number of nitrogen functional groups attached to an aromatic ring is 1. The molecule has 0 saturated heterocycles. The Bertz CT molecular complexity index is 1280. The van der Waals surface area contributed by atoms with Gasteiger partial charge in [-0.15, -0.1) is 0 Å². The number of benzene rings is 3. The molecule has 0 spiro atoms. The first kappa shape index (κ1) is 26.1. The molecule has 0 aliphatic carbocycles. The second-order valence-corrected chi connectivity index (χ2v) is 8.04. The van der Waals surface area contributed by atoms with Gasteiger partial charge in [0, 0.05) is 23.1 Å². The van der Waals surface area contributed by atoms with Crippen LogP contribution in [0, 0.1) is 5.41 Å². The van der Waals surface area contributed by atoms with Crippen molar-refractivity contribution in [1.29, 1.82) is 5.41 Å². The SMILES string of the molecule is CC(NC(=O)C(C(=O)Nc1ccc(C(=N)N)cc1)c1ccccc1)c1ccc(C(=O)[O-])c(C([O-])O)c1. The van der Waals surface area contributed by atoms with Gasteiger partial charge >= 0.3 is 0 Å². The normalized spacial score (nSPS) is 13.2. The van der Waals surface area contributed by atoms with Crippen molar-refractivity contribution in [3.63, 3.8) is 0 Å². The highest BCUT2D eigenvalue weighted by Gasteiger charge is 2.30. The molecular weight excluding hydrogens is 464 g/mol. The molecule has 2 amide bonds. The van der Waals surface area contributed by atoms with Crippen molar-refractivity contribution in [3.8, 4) is 0 Å². The Morgan fingerprint density at radius 3 is 2.14 bits per heavy atom. The number of aliphatic hydroxyl groups excluding tert-OH is 1. The lowest BCUT2D eigenvalue weighted by atomic mass is 9.95. The smallest absolute Gasteiger partial charge is 0.241 e. The summed E-state index contributed by atoms with van der Waals surface area (Å²) >= 11 is 0. The van der Waals surface area contributed by atoms with Gasteiger partial charge in [-0.05, 0) is 47.9 Å². The minimum Gasteiger partial charge on any atom is -0.828 e. The van der Waals surface area contributed by atoms with E-state index in [0.717, 1.165) is 6.07 Å². The molecule has 3 atom stereocenters. The van der Waals surface area contributed by atoms with Crippen molar-refractivity contribution in [2.45, 2.75) is 25.2 Å². The highest BCUT2D eigenvalue weighted by Crippen LogP contribution is 2.24. The Labute approximate surface area is 206 Å². The Hall–Kier alpha value is -4.54. The molecule has 3 aromatic rings. The first-order valence-electron chi connectivity index (χ1n) is 10.9. The fourth-order valence-corrected chi connectivity index (χ4v) is 3.64. The Morgan fingerprint density at radius 2 is 1.58 bits per heavy atom. The first-order valence-corrected chi connectivity index (χ1v) is 10.9. The molecule has 3 unspecified atom stereocenters. The number of aliphatic hydroxyl groups is 1. The molecule has 0 radical (unpaired) electrons. The van der Waals surface area contributed by atoms with E-state index < -0.39 is 41.6 Å². The van der Waals surface area contributed by atoms with Crippen LogP contribution in [-0.4, -0.2) is 28.7 Å². The number of nitrogens with one attached hydrogen (secondary N) is 3. The summed E-state index contributed by atoms with van der Waals surface area (Å²) in [5, 5.41) is 45.1. The summed E-state index contributed by atoms with van der Waals surface area (Å²) in [6.45, 7) is 1.59. The number of carbonyl (C=O) groups is 3. The van der Waals surface area contributed by atoms with Crippen molar-refractivity contribution >= 4 is 29.3 Å². The lowest BCUT2D eigenvalue weighted by Crippen LogP contribution is -2.38. The number of rotatable bonds is 9. The summed E-state index contributed by atoms with van der Waals surface area (Å²) in [5.74, 6) is -4.22. The average Bonchev–Trinajstić information content (AvgIpc) is 2.84. The number of anilines is 1. The van der Waals surface area contributed by atoms with Gasteiger partial charge in [-0.2, -0.15) is 0 Å². The molecule has 0 saturated carbocycles. The fraction of sp³-hybridized carbons (Fsp3) is 0.154. The maximum Gasteiger partial charge on any atom is 0.241 e. The molecule has 0 heterocycles. The number of aromatic carboxylic acids is 1. The van der Waals surface area contributed by atoms with E-state index in [0.29, 0.717) is 22.4 Å². The summed E-state index contributed by atoms with van der Waals surface area (Å²) in [6, 6.07) is 17.6. The van der Waals surface area contributed by atoms with Crippen LogP contribution in [-0.2, 0) is 9.59 Å². The molecule has 6 N–H and O–H groups in total. The third-order valence-corrected chi connectivity index (χ3v) is 5.54. The van der Waals surface area contributed by atoms with Gasteiger partial charge in [-0.3, -0.25) is 15.0 Å². The Kier molecular flexibility index (Phi) is 8.15. The molecule has 10 nitrogen and oxygen atoms in total. The number of nitrogens with two attached hydrogens (primary N) is 1. The van der Waals surface area contributed by atoms with E-state index in [1.54, 1.807) is 61.5 Å². The van der Waals surface area contributed by atoms with Gasteiger partial charge < -0.3 is 36.5 Å². The minimum atomic E-state index is -2.31. The minimum absolute atomic E-state index is 0.122. The van der Waals surface area contributed by atoms with Crippen LogP contribution in [0.25, 0.3) is 0 Å². The molecule has 0 bridgehead atoms. The van der Waals surface area contributed by atoms with Crippen molar-refractivity contribution in [2.75, 3.05) is 5.32 Å². The van der Waals surface area contributed by atoms with E-state index in [9.17, 15) is 29.7 Å². The summed E-state index contributed by atoms with van der Waals surface area (Å²) in [5.41, 5.74) is 6.28. The molecule has 0 aliphatic rings. The molecule has 0 aliphatic heterocycles. The topological polar surface area (TPSA) is 191 Å².